The smallest absolute Gasteiger partial charge is 0.177 e. The predicted octanol–water partition coefficient (Wildman–Crippen LogP) is 3.91. The van der Waals surface area contributed by atoms with E-state index >= 15 is 0 Å². The molecule has 0 unspecified atom stereocenters. The Bertz CT molecular complexity index is 489. The van der Waals surface area contributed by atoms with Crippen molar-refractivity contribution in [1.29, 1.82) is 0 Å². The maximum absolute atomic E-state index is 6.28. The molecule has 2 aromatic heterocycles. The van der Waals surface area contributed by atoms with E-state index in [2.05, 4.69) is 5.10 Å². The van der Waals surface area contributed by atoms with Gasteiger partial charge >= 0.3 is 0 Å². The number of hydrogen-bond acceptors (Lipinski definition) is 3. The van der Waals surface area contributed by atoms with E-state index in [9.17, 15) is 0 Å². The number of thiophene rings is 1. The van der Waals surface area contributed by atoms with Crippen LogP contribution in [0.4, 0.5) is 0 Å². The van der Waals surface area contributed by atoms with Crippen molar-refractivity contribution in [3.63, 3.8) is 0 Å². The van der Waals surface area contributed by atoms with Gasteiger partial charge in [-0.05, 0) is 43.2 Å². The van der Waals surface area contributed by atoms with Crippen LogP contribution in [0.25, 0.3) is 5.00 Å². The highest BCUT2D eigenvalue weighted by molar-refractivity contribution is 7.12. The molecular formula is C12H13ClN2OS. The fourth-order valence-corrected chi connectivity index (χ4v) is 3.10. The Labute approximate surface area is 109 Å². The lowest BCUT2D eigenvalue weighted by Crippen LogP contribution is -2.10. The number of ether oxygens (including phenoxy) is 1. The van der Waals surface area contributed by atoms with E-state index < -0.39 is 0 Å². The topological polar surface area (TPSA) is 27.1 Å². The zero-order chi connectivity index (χ0) is 11.7. The van der Waals surface area contributed by atoms with Gasteiger partial charge in [0.15, 0.2) is 10.9 Å². The lowest BCUT2D eigenvalue weighted by Gasteiger charge is -2.11. The molecule has 0 aliphatic heterocycles. The predicted molar refractivity (Wildman–Crippen MR) is 69.3 cm³/mol. The Morgan fingerprint density at radius 3 is 2.94 bits per heavy atom. The van der Waals surface area contributed by atoms with Gasteiger partial charge in [0.25, 0.3) is 0 Å². The van der Waals surface area contributed by atoms with Crippen LogP contribution in [-0.2, 0) is 0 Å². The molecule has 0 aromatic carbocycles. The molecule has 0 radical (unpaired) electrons. The second kappa shape index (κ2) is 4.70. The second-order valence-corrected chi connectivity index (χ2v) is 5.47. The van der Waals surface area contributed by atoms with Crippen LogP contribution in [0.2, 0.25) is 5.15 Å². The van der Waals surface area contributed by atoms with E-state index in [1.54, 1.807) is 22.2 Å². The van der Waals surface area contributed by atoms with Crippen LogP contribution in [0.1, 0.15) is 25.7 Å². The van der Waals surface area contributed by atoms with Crippen molar-refractivity contribution in [1.82, 2.24) is 9.78 Å². The van der Waals surface area contributed by atoms with Crippen LogP contribution >= 0.6 is 22.9 Å². The molecule has 1 fully saturated rings. The normalized spacial score (nSPS) is 16.5. The van der Waals surface area contributed by atoms with E-state index in [4.69, 9.17) is 16.3 Å². The zero-order valence-electron chi connectivity index (χ0n) is 9.30. The Morgan fingerprint density at radius 1 is 1.41 bits per heavy atom. The third kappa shape index (κ3) is 2.19. The minimum absolute atomic E-state index is 0.313. The summed E-state index contributed by atoms with van der Waals surface area (Å²) in [6.45, 7) is 0. The van der Waals surface area contributed by atoms with Gasteiger partial charge in [0, 0.05) is 0 Å². The second-order valence-electron chi connectivity index (χ2n) is 4.19. The number of aromatic nitrogens is 2. The Hall–Kier alpha value is -1.000. The average Bonchev–Trinajstić information content (AvgIpc) is 3.03. The van der Waals surface area contributed by atoms with Crippen LogP contribution in [-0.4, -0.2) is 15.9 Å². The molecule has 0 atom stereocenters. The van der Waals surface area contributed by atoms with E-state index in [1.165, 1.54) is 12.8 Å². The lowest BCUT2D eigenvalue weighted by molar-refractivity contribution is 0.210. The van der Waals surface area contributed by atoms with Gasteiger partial charge in [-0.25, -0.2) is 4.68 Å². The number of nitrogens with zero attached hydrogens (tertiary/aromatic N) is 2. The molecule has 0 spiro atoms. The number of hydrogen-bond donors (Lipinski definition) is 0. The summed E-state index contributed by atoms with van der Waals surface area (Å²) in [5.74, 6) is 0.701. The van der Waals surface area contributed by atoms with Gasteiger partial charge in [-0.1, -0.05) is 11.6 Å². The molecule has 0 bridgehead atoms. The van der Waals surface area contributed by atoms with Crippen LogP contribution in [0.15, 0.2) is 23.7 Å². The fraction of sp³-hybridized carbons (Fsp3) is 0.417. The van der Waals surface area contributed by atoms with Crippen molar-refractivity contribution in [2.75, 3.05) is 0 Å². The summed E-state index contributed by atoms with van der Waals surface area (Å²) in [6, 6.07) is 3.97. The largest absolute Gasteiger partial charge is 0.485 e. The van der Waals surface area contributed by atoms with Gasteiger partial charge in [0.2, 0.25) is 0 Å². The van der Waals surface area contributed by atoms with Gasteiger partial charge in [0.05, 0.1) is 12.3 Å². The van der Waals surface area contributed by atoms with Crippen molar-refractivity contribution >= 4 is 22.9 Å². The first kappa shape index (κ1) is 11.1. The van der Waals surface area contributed by atoms with E-state index in [-0.39, 0.29) is 0 Å². The summed E-state index contributed by atoms with van der Waals surface area (Å²) in [5.41, 5.74) is 0. The third-order valence-electron chi connectivity index (χ3n) is 2.99. The molecule has 0 saturated heterocycles. The van der Waals surface area contributed by atoms with Gasteiger partial charge in [-0.2, -0.15) is 5.10 Å². The third-order valence-corrected chi connectivity index (χ3v) is 4.18. The van der Waals surface area contributed by atoms with Crippen molar-refractivity contribution in [3.8, 4) is 10.8 Å². The van der Waals surface area contributed by atoms with Crippen molar-refractivity contribution in [3.05, 3.63) is 28.9 Å². The van der Waals surface area contributed by atoms with Crippen LogP contribution in [0, 0.1) is 0 Å². The highest BCUT2D eigenvalue weighted by Gasteiger charge is 2.20. The molecule has 17 heavy (non-hydrogen) atoms. The lowest BCUT2D eigenvalue weighted by atomic mass is 10.3. The Kier molecular flexibility index (Phi) is 3.07. The van der Waals surface area contributed by atoms with Gasteiger partial charge in [-0.15, -0.1) is 11.3 Å². The van der Waals surface area contributed by atoms with Gasteiger partial charge in [0.1, 0.15) is 5.00 Å². The molecule has 2 heterocycles. The first-order chi connectivity index (χ1) is 8.34. The first-order valence-electron chi connectivity index (χ1n) is 5.78. The summed E-state index contributed by atoms with van der Waals surface area (Å²) in [7, 11) is 0. The van der Waals surface area contributed by atoms with Crippen molar-refractivity contribution < 1.29 is 4.74 Å². The van der Waals surface area contributed by atoms with E-state index in [1.807, 2.05) is 17.5 Å². The molecule has 3 rings (SSSR count). The molecule has 2 aromatic rings. The van der Waals surface area contributed by atoms with Crippen molar-refractivity contribution in [2.24, 2.45) is 0 Å². The highest BCUT2D eigenvalue weighted by Crippen LogP contribution is 2.31. The molecule has 3 nitrogen and oxygen atoms in total. The maximum Gasteiger partial charge on any atom is 0.177 e. The standard InChI is InChI=1S/C12H13ClN2OS/c13-12-10(16-9-4-1-2-5-9)8-14-15(12)11-6-3-7-17-11/h3,6-9H,1-2,4-5H2. The SMILES string of the molecule is Clc1c(OC2CCCC2)cnn1-c1cccs1. The minimum atomic E-state index is 0.313. The van der Waals surface area contributed by atoms with Gasteiger partial charge in [-0.3, -0.25) is 0 Å². The molecule has 0 amide bonds. The van der Waals surface area contributed by atoms with Crippen LogP contribution < -0.4 is 4.74 Å². The quantitative estimate of drug-likeness (QED) is 0.844. The molecule has 1 aliphatic rings. The summed E-state index contributed by atoms with van der Waals surface area (Å²) < 4.78 is 7.59. The Morgan fingerprint density at radius 2 is 2.24 bits per heavy atom. The number of halogens is 1. The van der Waals surface area contributed by atoms with E-state index in [0.29, 0.717) is 17.0 Å². The molecule has 1 aliphatic carbocycles. The summed E-state index contributed by atoms with van der Waals surface area (Å²) in [5, 5.41) is 7.85. The fourth-order valence-electron chi connectivity index (χ4n) is 2.13. The van der Waals surface area contributed by atoms with Crippen LogP contribution in [0.5, 0.6) is 5.75 Å². The molecule has 0 N–H and O–H groups in total. The maximum atomic E-state index is 6.28. The average molecular weight is 269 g/mol. The number of rotatable bonds is 3. The monoisotopic (exact) mass is 268 g/mol. The molecule has 90 valence electrons. The van der Waals surface area contributed by atoms with Gasteiger partial charge < -0.3 is 4.74 Å². The highest BCUT2D eigenvalue weighted by atomic mass is 35.5. The minimum Gasteiger partial charge on any atom is -0.485 e. The summed E-state index contributed by atoms with van der Waals surface area (Å²) >= 11 is 7.88. The summed E-state index contributed by atoms with van der Waals surface area (Å²) in [4.78, 5) is 0. The molecule has 5 heteroatoms. The van der Waals surface area contributed by atoms with Crippen LogP contribution in [0.3, 0.4) is 0 Å². The van der Waals surface area contributed by atoms with Crippen molar-refractivity contribution in [2.45, 2.75) is 31.8 Å². The summed E-state index contributed by atoms with van der Waals surface area (Å²) in [6.07, 6.45) is 6.78. The first-order valence-corrected chi connectivity index (χ1v) is 7.04. The zero-order valence-corrected chi connectivity index (χ0v) is 10.9. The molecular weight excluding hydrogens is 256 g/mol. The molecule has 1 saturated carbocycles. The Balaban J connectivity index is 1.82. The van der Waals surface area contributed by atoms with E-state index in [0.717, 1.165) is 17.8 Å².